The standard InChI is InChI=1S/C22H26Cl2N2O3/c1-3-13-25-22(28)20(4-2)26(14-17-18(23)11-8-12-19(17)24)21(27)15-29-16-9-6-5-7-10-16/h5-12,20H,3-4,13-15H2,1-2H3,(H,25,28)/t20-/m1/s1. The van der Waals surface area contributed by atoms with Crippen LogP contribution >= 0.6 is 23.2 Å². The zero-order valence-corrected chi connectivity index (χ0v) is 18.2. The molecule has 0 heterocycles. The lowest BCUT2D eigenvalue weighted by Crippen LogP contribution is -2.50. The third-order valence-electron chi connectivity index (χ3n) is 4.43. The normalized spacial score (nSPS) is 11.6. The van der Waals surface area contributed by atoms with Gasteiger partial charge in [0.25, 0.3) is 5.91 Å². The van der Waals surface area contributed by atoms with Crippen molar-refractivity contribution in [1.29, 1.82) is 0 Å². The number of para-hydroxylation sites is 1. The lowest BCUT2D eigenvalue weighted by atomic mass is 10.1. The largest absolute Gasteiger partial charge is 0.484 e. The van der Waals surface area contributed by atoms with E-state index in [1.54, 1.807) is 30.3 Å². The summed E-state index contributed by atoms with van der Waals surface area (Å²) in [6.07, 6.45) is 1.26. The first-order chi connectivity index (χ1) is 14.0. The van der Waals surface area contributed by atoms with Gasteiger partial charge in [-0.05, 0) is 37.1 Å². The van der Waals surface area contributed by atoms with Crippen molar-refractivity contribution < 1.29 is 14.3 Å². The first-order valence-corrected chi connectivity index (χ1v) is 10.4. The predicted molar refractivity (Wildman–Crippen MR) is 116 cm³/mol. The van der Waals surface area contributed by atoms with E-state index in [9.17, 15) is 9.59 Å². The summed E-state index contributed by atoms with van der Waals surface area (Å²) in [4.78, 5) is 27.2. The molecule has 0 bridgehead atoms. The molecule has 0 radical (unpaired) electrons. The van der Waals surface area contributed by atoms with E-state index in [-0.39, 0.29) is 25.0 Å². The molecule has 2 amide bonds. The number of nitrogens with one attached hydrogen (secondary N) is 1. The van der Waals surface area contributed by atoms with Gasteiger partial charge in [0.1, 0.15) is 11.8 Å². The second-order valence-electron chi connectivity index (χ2n) is 6.54. The van der Waals surface area contributed by atoms with Gasteiger partial charge in [-0.1, -0.05) is 61.3 Å². The molecule has 156 valence electrons. The van der Waals surface area contributed by atoms with Gasteiger partial charge in [-0.2, -0.15) is 0 Å². The van der Waals surface area contributed by atoms with E-state index >= 15 is 0 Å². The predicted octanol–water partition coefficient (Wildman–Crippen LogP) is 4.71. The summed E-state index contributed by atoms with van der Waals surface area (Å²) >= 11 is 12.6. The van der Waals surface area contributed by atoms with Crippen LogP contribution in [0.1, 0.15) is 32.3 Å². The Labute approximate surface area is 181 Å². The Balaban J connectivity index is 2.25. The SMILES string of the molecule is CCCNC(=O)[C@@H](CC)N(Cc1c(Cl)cccc1Cl)C(=O)COc1ccccc1. The fourth-order valence-electron chi connectivity index (χ4n) is 2.88. The van der Waals surface area contributed by atoms with E-state index in [4.69, 9.17) is 27.9 Å². The lowest BCUT2D eigenvalue weighted by Gasteiger charge is -2.31. The second-order valence-corrected chi connectivity index (χ2v) is 7.35. The molecule has 0 fully saturated rings. The van der Waals surface area contributed by atoms with Crippen LogP contribution < -0.4 is 10.1 Å². The van der Waals surface area contributed by atoms with Gasteiger partial charge in [-0.3, -0.25) is 9.59 Å². The average Bonchev–Trinajstić information content (AvgIpc) is 2.73. The average molecular weight is 437 g/mol. The zero-order chi connectivity index (χ0) is 21.2. The smallest absolute Gasteiger partial charge is 0.261 e. The topological polar surface area (TPSA) is 58.6 Å². The van der Waals surface area contributed by atoms with E-state index in [1.165, 1.54) is 4.90 Å². The summed E-state index contributed by atoms with van der Waals surface area (Å²) in [6.45, 7) is 4.31. The number of carbonyl (C=O) groups excluding carboxylic acids is 2. The van der Waals surface area contributed by atoms with Crippen LogP contribution in [0.2, 0.25) is 10.0 Å². The third-order valence-corrected chi connectivity index (χ3v) is 5.14. The molecule has 1 atom stereocenters. The minimum atomic E-state index is -0.652. The number of amides is 2. The van der Waals surface area contributed by atoms with Crippen LogP contribution in [0, 0.1) is 0 Å². The van der Waals surface area contributed by atoms with E-state index < -0.39 is 6.04 Å². The maximum Gasteiger partial charge on any atom is 0.261 e. The van der Waals surface area contributed by atoms with Crippen LogP contribution in [-0.2, 0) is 16.1 Å². The molecule has 0 aliphatic rings. The molecule has 0 spiro atoms. The summed E-state index contributed by atoms with van der Waals surface area (Å²) < 4.78 is 5.61. The van der Waals surface area contributed by atoms with Gasteiger partial charge in [-0.25, -0.2) is 0 Å². The van der Waals surface area contributed by atoms with Gasteiger partial charge in [0, 0.05) is 28.7 Å². The number of hydrogen-bond donors (Lipinski definition) is 1. The Morgan fingerprint density at radius 2 is 1.69 bits per heavy atom. The van der Waals surface area contributed by atoms with Crippen molar-refractivity contribution in [2.75, 3.05) is 13.2 Å². The second kappa shape index (κ2) is 11.7. The van der Waals surface area contributed by atoms with Gasteiger partial charge in [-0.15, -0.1) is 0 Å². The summed E-state index contributed by atoms with van der Waals surface area (Å²) in [5, 5.41) is 3.76. The molecule has 2 rings (SSSR count). The highest BCUT2D eigenvalue weighted by molar-refractivity contribution is 6.36. The highest BCUT2D eigenvalue weighted by Gasteiger charge is 2.29. The summed E-state index contributed by atoms with van der Waals surface area (Å²) in [5.74, 6) is 0.0639. The maximum atomic E-state index is 13.1. The number of rotatable bonds is 10. The Kier molecular flexibility index (Phi) is 9.29. The maximum absolute atomic E-state index is 13.1. The highest BCUT2D eigenvalue weighted by atomic mass is 35.5. The van der Waals surface area contributed by atoms with Crippen molar-refractivity contribution in [1.82, 2.24) is 10.2 Å². The molecule has 2 aromatic carbocycles. The summed E-state index contributed by atoms with van der Waals surface area (Å²) in [7, 11) is 0. The quantitative estimate of drug-likeness (QED) is 0.586. The van der Waals surface area contributed by atoms with Gasteiger partial charge < -0.3 is 15.0 Å². The van der Waals surface area contributed by atoms with Gasteiger partial charge in [0.15, 0.2) is 6.61 Å². The molecule has 0 aliphatic heterocycles. The number of benzene rings is 2. The number of halogens is 2. The number of carbonyl (C=O) groups is 2. The van der Waals surface area contributed by atoms with Crippen LogP contribution in [-0.4, -0.2) is 35.9 Å². The van der Waals surface area contributed by atoms with E-state index in [0.29, 0.717) is 34.3 Å². The van der Waals surface area contributed by atoms with Crippen molar-refractivity contribution >= 4 is 35.0 Å². The number of ether oxygens (including phenoxy) is 1. The van der Waals surface area contributed by atoms with Crippen molar-refractivity contribution in [3.05, 3.63) is 64.1 Å². The van der Waals surface area contributed by atoms with Crippen LogP contribution in [0.15, 0.2) is 48.5 Å². The molecule has 29 heavy (non-hydrogen) atoms. The Bertz CT molecular complexity index is 795. The Morgan fingerprint density at radius 3 is 2.28 bits per heavy atom. The van der Waals surface area contributed by atoms with Crippen molar-refractivity contribution in [3.8, 4) is 5.75 Å². The Morgan fingerprint density at radius 1 is 1.03 bits per heavy atom. The van der Waals surface area contributed by atoms with Crippen LogP contribution in [0.25, 0.3) is 0 Å². The van der Waals surface area contributed by atoms with E-state index in [1.807, 2.05) is 32.0 Å². The van der Waals surface area contributed by atoms with E-state index in [2.05, 4.69) is 5.32 Å². The van der Waals surface area contributed by atoms with Crippen LogP contribution in [0.5, 0.6) is 5.75 Å². The van der Waals surface area contributed by atoms with Crippen LogP contribution in [0.3, 0.4) is 0 Å². The molecule has 0 unspecified atom stereocenters. The van der Waals surface area contributed by atoms with E-state index in [0.717, 1.165) is 6.42 Å². The molecule has 5 nitrogen and oxygen atoms in total. The highest BCUT2D eigenvalue weighted by Crippen LogP contribution is 2.27. The van der Waals surface area contributed by atoms with Gasteiger partial charge in [0.05, 0.1) is 0 Å². The molecule has 0 saturated heterocycles. The number of nitrogens with zero attached hydrogens (tertiary/aromatic N) is 1. The fourth-order valence-corrected chi connectivity index (χ4v) is 3.40. The van der Waals surface area contributed by atoms with Crippen molar-refractivity contribution in [2.45, 2.75) is 39.3 Å². The van der Waals surface area contributed by atoms with Crippen LogP contribution in [0.4, 0.5) is 0 Å². The van der Waals surface area contributed by atoms with Crippen molar-refractivity contribution in [3.63, 3.8) is 0 Å². The molecule has 2 aromatic rings. The van der Waals surface area contributed by atoms with Gasteiger partial charge >= 0.3 is 0 Å². The molecule has 0 saturated carbocycles. The molecule has 7 heteroatoms. The molecule has 0 aromatic heterocycles. The lowest BCUT2D eigenvalue weighted by molar-refractivity contribution is -0.143. The molecule has 1 N–H and O–H groups in total. The number of hydrogen-bond acceptors (Lipinski definition) is 3. The first kappa shape index (κ1) is 23.0. The monoisotopic (exact) mass is 436 g/mol. The molecule has 0 aliphatic carbocycles. The van der Waals surface area contributed by atoms with Crippen molar-refractivity contribution in [2.24, 2.45) is 0 Å². The minimum Gasteiger partial charge on any atom is -0.484 e. The Hall–Kier alpha value is -2.24. The molecular formula is C22H26Cl2N2O3. The van der Waals surface area contributed by atoms with Gasteiger partial charge in [0.2, 0.25) is 5.91 Å². The summed E-state index contributed by atoms with van der Waals surface area (Å²) in [5.41, 5.74) is 0.602. The third kappa shape index (κ3) is 6.65. The minimum absolute atomic E-state index is 0.119. The molecular weight excluding hydrogens is 411 g/mol. The first-order valence-electron chi connectivity index (χ1n) is 9.65. The summed E-state index contributed by atoms with van der Waals surface area (Å²) in [6, 6.07) is 13.6. The zero-order valence-electron chi connectivity index (χ0n) is 16.7. The fraction of sp³-hybridized carbons (Fsp3) is 0.364.